The van der Waals surface area contributed by atoms with Crippen molar-refractivity contribution in [2.45, 2.75) is 23.5 Å². The van der Waals surface area contributed by atoms with Crippen molar-refractivity contribution in [3.8, 4) is 0 Å². The van der Waals surface area contributed by atoms with Gasteiger partial charge in [0, 0.05) is 33.4 Å². The van der Waals surface area contributed by atoms with E-state index in [-0.39, 0.29) is 16.6 Å². The first-order chi connectivity index (χ1) is 14.7. The Labute approximate surface area is 186 Å². The highest BCUT2D eigenvalue weighted by atomic mass is 32.2. The number of amides is 1. The SMILES string of the molecule is COCCn1c(SCC(=O)Nc2cc(S(=O)(=O)N(C)C)ccc2C)nc2ccccc21. The Kier molecular flexibility index (Phi) is 7.37. The standard InChI is InChI=1S/C21H26N4O4S2/c1-15-9-10-16(31(27,28)24(2)3)13-18(15)22-20(26)14-30-21-23-17-7-5-6-8-19(17)25(21)11-12-29-4/h5-10,13H,11-12,14H2,1-4H3,(H,22,26). The second-order valence-electron chi connectivity index (χ2n) is 7.13. The Hall–Kier alpha value is -2.40. The molecule has 0 atom stereocenters. The van der Waals surface area contributed by atoms with Crippen molar-refractivity contribution in [1.29, 1.82) is 0 Å². The molecule has 0 saturated heterocycles. The number of fused-ring (bicyclic) bond motifs is 1. The number of anilines is 1. The first kappa shape index (κ1) is 23.3. The zero-order valence-corrected chi connectivity index (χ0v) is 19.6. The molecular formula is C21H26N4O4S2. The van der Waals surface area contributed by atoms with Crippen molar-refractivity contribution in [3.05, 3.63) is 48.0 Å². The Bertz CT molecular complexity index is 1190. The van der Waals surface area contributed by atoms with E-state index in [4.69, 9.17) is 4.74 Å². The van der Waals surface area contributed by atoms with Crippen LogP contribution in [0.4, 0.5) is 5.69 Å². The maximum Gasteiger partial charge on any atom is 0.242 e. The molecule has 0 aliphatic carbocycles. The summed E-state index contributed by atoms with van der Waals surface area (Å²) in [5.41, 5.74) is 3.10. The first-order valence-electron chi connectivity index (χ1n) is 9.64. The average molecular weight is 463 g/mol. The van der Waals surface area contributed by atoms with Crippen LogP contribution in [0.25, 0.3) is 11.0 Å². The second-order valence-corrected chi connectivity index (χ2v) is 10.2. The maximum absolute atomic E-state index is 12.6. The molecule has 8 nitrogen and oxygen atoms in total. The number of benzene rings is 2. The molecule has 0 aliphatic heterocycles. The molecule has 0 bridgehead atoms. The lowest BCUT2D eigenvalue weighted by atomic mass is 10.2. The number of carbonyl (C=O) groups is 1. The minimum atomic E-state index is -3.58. The molecule has 0 saturated carbocycles. The Morgan fingerprint density at radius 3 is 2.68 bits per heavy atom. The molecule has 1 heterocycles. The van der Waals surface area contributed by atoms with Crippen LogP contribution in [0.1, 0.15) is 5.56 Å². The number of aromatic nitrogens is 2. The van der Waals surface area contributed by atoms with Crippen LogP contribution in [0, 0.1) is 6.92 Å². The molecule has 0 aliphatic rings. The van der Waals surface area contributed by atoms with Crippen molar-refractivity contribution >= 4 is 44.4 Å². The van der Waals surface area contributed by atoms with Crippen LogP contribution in [0.2, 0.25) is 0 Å². The van der Waals surface area contributed by atoms with Crippen LogP contribution in [0.5, 0.6) is 0 Å². The van der Waals surface area contributed by atoms with Crippen molar-refractivity contribution in [1.82, 2.24) is 13.9 Å². The number of rotatable bonds is 9. The van der Waals surface area contributed by atoms with Gasteiger partial charge in [0.15, 0.2) is 5.16 Å². The molecule has 3 aromatic rings. The van der Waals surface area contributed by atoms with Crippen LogP contribution < -0.4 is 5.32 Å². The number of hydrogen-bond donors (Lipinski definition) is 1. The first-order valence-corrected chi connectivity index (χ1v) is 12.1. The van der Waals surface area contributed by atoms with Crippen molar-refractivity contribution in [2.24, 2.45) is 0 Å². The fourth-order valence-corrected chi connectivity index (χ4v) is 4.75. The molecule has 166 valence electrons. The van der Waals surface area contributed by atoms with Gasteiger partial charge in [-0.3, -0.25) is 4.79 Å². The van der Waals surface area contributed by atoms with E-state index in [2.05, 4.69) is 10.3 Å². The van der Waals surface area contributed by atoms with Gasteiger partial charge in [-0.05, 0) is 36.8 Å². The number of methoxy groups -OCH3 is 1. The van der Waals surface area contributed by atoms with E-state index in [0.29, 0.717) is 18.8 Å². The molecule has 3 rings (SSSR count). The third kappa shape index (κ3) is 5.27. The molecule has 0 fully saturated rings. The molecule has 1 amide bonds. The molecular weight excluding hydrogens is 436 g/mol. The highest BCUT2D eigenvalue weighted by Crippen LogP contribution is 2.25. The topological polar surface area (TPSA) is 93.5 Å². The van der Waals surface area contributed by atoms with Gasteiger partial charge < -0.3 is 14.6 Å². The largest absolute Gasteiger partial charge is 0.383 e. The minimum absolute atomic E-state index is 0.132. The number of sulfonamides is 1. The molecule has 0 radical (unpaired) electrons. The Morgan fingerprint density at radius 1 is 1.23 bits per heavy atom. The molecule has 31 heavy (non-hydrogen) atoms. The number of hydrogen-bond acceptors (Lipinski definition) is 6. The molecule has 10 heteroatoms. The van der Waals surface area contributed by atoms with Crippen LogP contribution >= 0.6 is 11.8 Å². The lowest BCUT2D eigenvalue weighted by molar-refractivity contribution is -0.113. The Balaban J connectivity index is 1.75. The fraction of sp³-hybridized carbons (Fsp3) is 0.333. The number of nitrogens with zero attached hydrogens (tertiary/aromatic N) is 3. The van der Waals surface area contributed by atoms with Crippen LogP contribution in [0.15, 0.2) is 52.5 Å². The van der Waals surface area contributed by atoms with E-state index < -0.39 is 10.0 Å². The molecule has 0 unspecified atom stereocenters. The third-order valence-corrected chi connectivity index (χ3v) is 7.52. The second kappa shape index (κ2) is 9.82. The fourth-order valence-electron chi connectivity index (χ4n) is 2.99. The predicted octanol–water partition coefficient (Wildman–Crippen LogP) is 2.97. The minimum Gasteiger partial charge on any atom is -0.383 e. The number of imidazole rings is 1. The van der Waals surface area contributed by atoms with Gasteiger partial charge in [-0.1, -0.05) is 30.0 Å². The lowest BCUT2D eigenvalue weighted by Gasteiger charge is -2.14. The van der Waals surface area contributed by atoms with E-state index in [1.54, 1.807) is 13.2 Å². The summed E-state index contributed by atoms with van der Waals surface area (Å²) in [6.45, 7) is 2.98. The smallest absolute Gasteiger partial charge is 0.242 e. The quantitative estimate of drug-likeness (QED) is 0.492. The van der Waals surface area contributed by atoms with Gasteiger partial charge in [-0.15, -0.1) is 0 Å². The van der Waals surface area contributed by atoms with E-state index in [1.807, 2.05) is 35.8 Å². The summed E-state index contributed by atoms with van der Waals surface area (Å²) in [4.78, 5) is 17.4. The highest BCUT2D eigenvalue weighted by Gasteiger charge is 2.19. The number of carbonyl (C=O) groups excluding carboxylic acids is 1. The summed E-state index contributed by atoms with van der Waals surface area (Å²) in [5.74, 6) is -0.0988. The van der Waals surface area contributed by atoms with Crippen molar-refractivity contribution in [3.63, 3.8) is 0 Å². The van der Waals surface area contributed by atoms with Gasteiger partial charge >= 0.3 is 0 Å². The summed E-state index contributed by atoms with van der Waals surface area (Å²) in [6, 6.07) is 12.5. The summed E-state index contributed by atoms with van der Waals surface area (Å²) in [7, 11) is 1.00. The number of nitrogens with one attached hydrogen (secondary N) is 1. The molecule has 0 spiro atoms. The van der Waals surface area contributed by atoms with Gasteiger partial charge in [0.1, 0.15) is 0 Å². The van der Waals surface area contributed by atoms with Crippen LogP contribution in [-0.4, -0.2) is 61.7 Å². The maximum atomic E-state index is 12.6. The lowest BCUT2D eigenvalue weighted by Crippen LogP contribution is -2.22. The number of ether oxygens (including phenoxy) is 1. The number of para-hydroxylation sites is 2. The average Bonchev–Trinajstić information content (AvgIpc) is 3.09. The molecule has 1 N–H and O–H groups in total. The summed E-state index contributed by atoms with van der Waals surface area (Å²) >= 11 is 1.33. The van der Waals surface area contributed by atoms with Gasteiger partial charge in [0.2, 0.25) is 15.9 Å². The van der Waals surface area contributed by atoms with Gasteiger partial charge in [-0.2, -0.15) is 0 Å². The van der Waals surface area contributed by atoms with E-state index in [1.165, 1.54) is 38.0 Å². The number of aryl methyl sites for hydroxylation is 1. The normalized spacial score (nSPS) is 11.9. The van der Waals surface area contributed by atoms with E-state index in [9.17, 15) is 13.2 Å². The Morgan fingerprint density at radius 2 is 1.97 bits per heavy atom. The highest BCUT2D eigenvalue weighted by molar-refractivity contribution is 7.99. The monoisotopic (exact) mass is 462 g/mol. The van der Waals surface area contributed by atoms with Crippen molar-refractivity contribution in [2.75, 3.05) is 38.9 Å². The van der Waals surface area contributed by atoms with Crippen molar-refractivity contribution < 1.29 is 17.9 Å². The summed E-state index contributed by atoms with van der Waals surface area (Å²) in [5, 5.41) is 3.55. The van der Waals surface area contributed by atoms with Gasteiger partial charge in [0.05, 0.1) is 28.3 Å². The van der Waals surface area contributed by atoms with E-state index in [0.717, 1.165) is 26.1 Å². The molecule has 2 aromatic carbocycles. The zero-order chi connectivity index (χ0) is 22.6. The summed E-state index contributed by atoms with van der Waals surface area (Å²) < 4.78 is 33.2. The molecule has 1 aromatic heterocycles. The summed E-state index contributed by atoms with van der Waals surface area (Å²) in [6.07, 6.45) is 0. The van der Waals surface area contributed by atoms with Crippen LogP contribution in [0.3, 0.4) is 0 Å². The van der Waals surface area contributed by atoms with Crippen LogP contribution in [-0.2, 0) is 26.1 Å². The van der Waals surface area contributed by atoms with Gasteiger partial charge in [-0.25, -0.2) is 17.7 Å². The predicted molar refractivity (Wildman–Crippen MR) is 123 cm³/mol. The number of thioether (sulfide) groups is 1. The zero-order valence-electron chi connectivity index (χ0n) is 18.0. The van der Waals surface area contributed by atoms with E-state index >= 15 is 0 Å². The van der Waals surface area contributed by atoms with Gasteiger partial charge in [0.25, 0.3) is 0 Å². The third-order valence-electron chi connectivity index (χ3n) is 4.73.